The molecule has 2 aliphatic heterocycles. The lowest BCUT2D eigenvalue weighted by atomic mass is 9.83. The van der Waals surface area contributed by atoms with E-state index >= 15 is 0 Å². The number of aromatic nitrogens is 1. The number of rotatable bonds is 5. The van der Waals surface area contributed by atoms with Crippen molar-refractivity contribution >= 4 is 0 Å². The second-order valence-electron chi connectivity index (χ2n) is 7.10. The molecule has 22 heavy (non-hydrogen) atoms. The third-order valence-electron chi connectivity index (χ3n) is 4.82. The fraction of sp³-hybridized carbons (Fsp3) is 0.706. The number of ether oxygens (including phenoxy) is 1. The molecule has 1 saturated heterocycles. The van der Waals surface area contributed by atoms with E-state index in [2.05, 4.69) is 6.07 Å². The summed E-state index contributed by atoms with van der Waals surface area (Å²) < 4.78 is 7.45. The molecule has 3 rings (SSSR count). The van der Waals surface area contributed by atoms with Gasteiger partial charge in [0.25, 0.3) is 5.56 Å². The number of hydrogen-bond donors (Lipinski definition) is 2. The first-order valence-corrected chi connectivity index (χ1v) is 8.36. The van der Waals surface area contributed by atoms with E-state index in [4.69, 9.17) is 4.74 Å². The van der Waals surface area contributed by atoms with E-state index in [-0.39, 0.29) is 11.7 Å². The van der Waals surface area contributed by atoms with Crippen LogP contribution >= 0.6 is 0 Å². The molecule has 3 heterocycles. The van der Waals surface area contributed by atoms with Crippen LogP contribution in [0.2, 0.25) is 0 Å². The quantitative estimate of drug-likeness (QED) is 0.781. The van der Waals surface area contributed by atoms with E-state index in [9.17, 15) is 9.90 Å². The van der Waals surface area contributed by atoms with E-state index in [0.29, 0.717) is 18.4 Å². The molecular formula is C17H27N2O3+. The SMILES string of the molecule is CC(C)OC[C@@H](O)C[NH+]1C[C@@H]2C[C@H](C1)c1cccc(=O)n1C2. The van der Waals surface area contributed by atoms with Gasteiger partial charge in [0.05, 0.1) is 25.8 Å². The van der Waals surface area contributed by atoms with Crippen LogP contribution in [-0.4, -0.2) is 48.1 Å². The van der Waals surface area contributed by atoms with E-state index in [0.717, 1.165) is 26.2 Å². The molecule has 0 saturated carbocycles. The van der Waals surface area contributed by atoms with Gasteiger partial charge in [-0.15, -0.1) is 0 Å². The average molecular weight is 307 g/mol. The fourth-order valence-corrected chi connectivity index (χ4v) is 3.98. The zero-order valence-electron chi connectivity index (χ0n) is 13.5. The van der Waals surface area contributed by atoms with E-state index < -0.39 is 6.10 Å². The molecule has 4 atom stereocenters. The van der Waals surface area contributed by atoms with Gasteiger partial charge in [-0.05, 0) is 26.3 Å². The Morgan fingerprint density at radius 1 is 1.41 bits per heavy atom. The molecule has 1 fully saturated rings. The fourth-order valence-electron chi connectivity index (χ4n) is 3.98. The standard InChI is InChI=1S/C17H26N2O3/c1-12(2)22-11-15(20)10-18-7-13-6-14(9-18)16-4-3-5-17(21)19(16)8-13/h3-5,12-15,20H,6-11H2,1-2H3/p+1/t13-,14+,15-/m0/s1. The van der Waals surface area contributed by atoms with Crippen LogP contribution < -0.4 is 10.5 Å². The molecule has 5 nitrogen and oxygen atoms in total. The minimum atomic E-state index is -0.408. The summed E-state index contributed by atoms with van der Waals surface area (Å²) in [5.74, 6) is 0.981. The maximum atomic E-state index is 12.0. The molecule has 0 aromatic carbocycles. The zero-order valence-corrected chi connectivity index (χ0v) is 13.5. The summed E-state index contributed by atoms with van der Waals surface area (Å²) in [5.41, 5.74) is 1.30. The van der Waals surface area contributed by atoms with Crippen molar-refractivity contribution in [3.05, 3.63) is 34.2 Å². The second kappa shape index (κ2) is 6.52. The Balaban J connectivity index is 1.65. The van der Waals surface area contributed by atoms with Gasteiger partial charge in [0.1, 0.15) is 12.6 Å². The summed E-state index contributed by atoms with van der Waals surface area (Å²) in [4.78, 5) is 13.4. The van der Waals surface area contributed by atoms with Crippen molar-refractivity contribution in [2.75, 3.05) is 26.2 Å². The van der Waals surface area contributed by atoms with Gasteiger partial charge in [0.2, 0.25) is 0 Å². The van der Waals surface area contributed by atoms with Crippen LogP contribution in [0.5, 0.6) is 0 Å². The number of likely N-dealkylation sites (tertiary alicyclic amines) is 1. The number of nitrogens with zero attached hydrogens (tertiary/aromatic N) is 1. The predicted molar refractivity (Wildman–Crippen MR) is 84.2 cm³/mol. The monoisotopic (exact) mass is 307 g/mol. The number of hydrogen-bond acceptors (Lipinski definition) is 3. The number of aliphatic hydroxyl groups is 1. The van der Waals surface area contributed by atoms with Gasteiger partial charge in [-0.25, -0.2) is 0 Å². The molecule has 0 spiro atoms. The third-order valence-corrected chi connectivity index (χ3v) is 4.82. The number of fused-ring (bicyclic) bond motifs is 4. The van der Waals surface area contributed by atoms with Gasteiger partial charge in [0.15, 0.2) is 0 Å². The third kappa shape index (κ3) is 3.42. The molecule has 122 valence electrons. The highest BCUT2D eigenvalue weighted by atomic mass is 16.5. The number of nitrogens with one attached hydrogen (secondary N) is 1. The summed E-state index contributed by atoms with van der Waals surface area (Å²) in [6.07, 6.45) is 0.921. The Labute approximate surface area is 131 Å². The lowest BCUT2D eigenvalue weighted by molar-refractivity contribution is -0.914. The molecule has 1 unspecified atom stereocenters. The van der Waals surface area contributed by atoms with E-state index in [1.54, 1.807) is 6.07 Å². The van der Waals surface area contributed by atoms with Crippen molar-refractivity contribution in [3.8, 4) is 0 Å². The molecule has 1 aromatic heterocycles. The minimum Gasteiger partial charge on any atom is -0.385 e. The molecule has 2 bridgehead atoms. The van der Waals surface area contributed by atoms with Crippen molar-refractivity contribution in [2.45, 2.75) is 44.9 Å². The van der Waals surface area contributed by atoms with Crippen molar-refractivity contribution in [1.29, 1.82) is 0 Å². The number of piperidine rings is 1. The van der Waals surface area contributed by atoms with Crippen molar-refractivity contribution in [1.82, 2.24) is 4.57 Å². The van der Waals surface area contributed by atoms with Crippen LogP contribution in [0.1, 0.15) is 31.9 Å². The first kappa shape index (κ1) is 15.7. The van der Waals surface area contributed by atoms with Crippen LogP contribution in [0.15, 0.2) is 23.0 Å². The average Bonchev–Trinajstić information content (AvgIpc) is 2.46. The highest BCUT2D eigenvalue weighted by molar-refractivity contribution is 5.15. The number of quaternary nitrogens is 1. The van der Waals surface area contributed by atoms with Crippen LogP contribution in [0.4, 0.5) is 0 Å². The zero-order chi connectivity index (χ0) is 15.7. The van der Waals surface area contributed by atoms with Crippen molar-refractivity contribution in [3.63, 3.8) is 0 Å². The molecule has 2 aliphatic rings. The maximum Gasteiger partial charge on any atom is 0.250 e. The van der Waals surface area contributed by atoms with Gasteiger partial charge >= 0.3 is 0 Å². The largest absolute Gasteiger partial charge is 0.385 e. The molecule has 5 heteroatoms. The summed E-state index contributed by atoms with van der Waals surface area (Å²) >= 11 is 0. The van der Waals surface area contributed by atoms with Gasteiger partial charge in [-0.3, -0.25) is 4.79 Å². The van der Waals surface area contributed by atoms with Crippen LogP contribution in [-0.2, 0) is 11.3 Å². The normalized spacial score (nSPS) is 28.5. The Kier molecular flexibility index (Phi) is 4.66. The molecule has 0 radical (unpaired) electrons. The van der Waals surface area contributed by atoms with Crippen LogP contribution in [0.25, 0.3) is 0 Å². The smallest absolute Gasteiger partial charge is 0.250 e. The predicted octanol–water partition coefficient (Wildman–Crippen LogP) is -0.364. The minimum absolute atomic E-state index is 0.126. The van der Waals surface area contributed by atoms with E-state index in [1.165, 1.54) is 17.0 Å². The first-order valence-electron chi connectivity index (χ1n) is 8.36. The lowest BCUT2D eigenvalue weighted by Crippen LogP contribution is -3.15. The first-order chi connectivity index (χ1) is 10.5. The summed E-state index contributed by atoms with van der Waals surface area (Å²) in [5, 5.41) is 10.2. The van der Waals surface area contributed by atoms with Crippen molar-refractivity contribution in [2.24, 2.45) is 5.92 Å². The number of aliphatic hydroxyl groups excluding tert-OH is 1. The molecule has 1 aromatic rings. The molecule has 0 aliphatic carbocycles. The summed E-state index contributed by atoms with van der Waals surface area (Å²) in [6, 6.07) is 5.61. The Bertz CT molecular complexity index is 569. The second-order valence-corrected chi connectivity index (χ2v) is 7.10. The summed E-state index contributed by atoms with van der Waals surface area (Å²) in [6.45, 7) is 7.98. The molecule has 2 N–H and O–H groups in total. The highest BCUT2D eigenvalue weighted by Crippen LogP contribution is 2.29. The lowest BCUT2D eigenvalue weighted by Gasteiger charge is -2.40. The number of pyridine rings is 1. The van der Waals surface area contributed by atoms with Crippen molar-refractivity contribution < 1.29 is 14.7 Å². The molecule has 0 amide bonds. The van der Waals surface area contributed by atoms with Gasteiger partial charge in [0, 0.05) is 30.1 Å². The summed E-state index contributed by atoms with van der Waals surface area (Å²) in [7, 11) is 0. The van der Waals surface area contributed by atoms with E-state index in [1.807, 2.05) is 24.5 Å². The Morgan fingerprint density at radius 3 is 3.00 bits per heavy atom. The van der Waals surface area contributed by atoms with Gasteiger partial charge < -0.3 is 19.3 Å². The Morgan fingerprint density at radius 2 is 2.23 bits per heavy atom. The highest BCUT2D eigenvalue weighted by Gasteiger charge is 2.37. The van der Waals surface area contributed by atoms with Gasteiger partial charge in [-0.1, -0.05) is 6.07 Å². The van der Waals surface area contributed by atoms with Gasteiger partial charge in [-0.2, -0.15) is 0 Å². The molecular weight excluding hydrogens is 280 g/mol. The maximum absolute atomic E-state index is 12.0. The Hall–Kier alpha value is -1.17. The topological polar surface area (TPSA) is 55.9 Å². The van der Waals surface area contributed by atoms with Crippen LogP contribution in [0, 0.1) is 5.92 Å². The van der Waals surface area contributed by atoms with Crippen LogP contribution in [0.3, 0.4) is 0 Å².